The molecule has 3 rings (SSSR count). The number of carbonyl (C=O) groups excluding carboxylic acids is 1. The summed E-state index contributed by atoms with van der Waals surface area (Å²) in [7, 11) is 0. The fraction of sp³-hybridized carbons (Fsp3) is 0.533. The van der Waals surface area contributed by atoms with Gasteiger partial charge in [0.15, 0.2) is 0 Å². The zero-order valence-electron chi connectivity index (χ0n) is 12.4. The number of anilines is 1. The second kappa shape index (κ2) is 6.39. The Bertz CT molecular complexity index is 692. The van der Waals surface area contributed by atoms with Crippen LogP contribution in [0.5, 0.6) is 0 Å². The van der Waals surface area contributed by atoms with E-state index in [1.807, 2.05) is 6.92 Å². The van der Waals surface area contributed by atoms with E-state index in [0.29, 0.717) is 18.3 Å². The molecule has 0 amide bonds. The second-order valence-corrected chi connectivity index (χ2v) is 6.71. The van der Waals surface area contributed by atoms with E-state index in [1.54, 1.807) is 0 Å². The number of nitrogens with one attached hydrogen (secondary N) is 1. The molecule has 0 unspecified atom stereocenters. The van der Waals surface area contributed by atoms with Crippen LogP contribution in [0.2, 0.25) is 0 Å². The lowest BCUT2D eigenvalue weighted by molar-refractivity contribution is -0.149. The normalized spacial score (nSPS) is 21.9. The van der Waals surface area contributed by atoms with Gasteiger partial charge in [0.2, 0.25) is 0 Å². The van der Waals surface area contributed by atoms with E-state index < -0.39 is 0 Å². The molecular weight excluding hydrogens is 395 g/mol. The van der Waals surface area contributed by atoms with Gasteiger partial charge in [0.05, 0.1) is 27.1 Å². The molecule has 1 aliphatic rings. The van der Waals surface area contributed by atoms with Crippen LogP contribution in [0, 0.1) is 9.62 Å². The van der Waals surface area contributed by atoms with E-state index in [9.17, 15) is 4.79 Å². The van der Waals surface area contributed by atoms with Crippen LogP contribution < -0.4 is 5.73 Å². The van der Waals surface area contributed by atoms with E-state index in [2.05, 4.69) is 37.5 Å². The molecule has 0 aliphatic heterocycles. The third-order valence-electron chi connectivity index (χ3n) is 4.35. The van der Waals surface area contributed by atoms with E-state index in [-0.39, 0.29) is 11.9 Å². The number of rotatable bonds is 3. The first-order valence-electron chi connectivity index (χ1n) is 7.56. The molecule has 7 heteroatoms. The molecule has 3 N–H and O–H groups in total. The SMILES string of the molecule is CCOC(=O)C1CCC(c2[nH]c(I)c3c(N)ncnc23)CC1. The van der Waals surface area contributed by atoms with Gasteiger partial charge in [-0.3, -0.25) is 4.79 Å². The zero-order valence-corrected chi connectivity index (χ0v) is 14.6. The summed E-state index contributed by atoms with van der Waals surface area (Å²) in [6.45, 7) is 2.30. The van der Waals surface area contributed by atoms with Crippen molar-refractivity contribution < 1.29 is 9.53 Å². The fourth-order valence-electron chi connectivity index (χ4n) is 3.23. The molecule has 2 heterocycles. The van der Waals surface area contributed by atoms with Gasteiger partial charge in [-0.1, -0.05) is 0 Å². The number of carbonyl (C=O) groups is 1. The van der Waals surface area contributed by atoms with Crippen molar-refractivity contribution >= 4 is 45.3 Å². The average molecular weight is 414 g/mol. The van der Waals surface area contributed by atoms with Gasteiger partial charge in [0, 0.05) is 11.6 Å². The summed E-state index contributed by atoms with van der Waals surface area (Å²) in [6, 6.07) is 0. The third kappa shape index (κ3) is 2.78. The maximum atomic E-state index is 11.8. The molecule has 1 saturated carbocycles. The highest BCUT2D eigenvalue weighted by atomic mass is 127. The highest BCUT2D eigenvalue weighted by Gasteiger charge is 2.30. The molecule has 1 aliphatic carbocycles. The summed E-state index contributed by atoms with van der Waals surface area (Å²) in [5, 5.41) is 0.908. The number of fused-ring (bicyclic) bond motifs is 1. The number of hydrogen-bond acceptors (Lipinski definition) is 5. The number of aromatic amines is 1. The van der Waals surface area contributed by atoms with Crippen LogP contribution in [0.25, 0.3) is 10.9 Å². The van der Waals surface area contributed by atoms with Gasteiger partial charge in [0.25, 0.3) is 0 Å². The molecule has 0 bridgehead atoms. The summed E-state index contributed by atoms with van der Waals surface area (Å²) >= 11 is 2.24. The van der Waals surface area contributed by atoms with Crippen molar-refractivity contribution in [3.8, 4) is 0 Å². The fourth-order valence-corrected chi connectivity index (χ4v) is 4.06. The van der Waals surface area contributed by atoms with Gasteiger partial charge in [-0.15, -0.1) is 0 Å². The summed E-state index contributed by atoms with van der Waals surface area (Å²) in [5.41, 5.74) is 7.99. The lowest BCUT2D eigenvalue weighted by Gasteiger charge is -2.26. The summed E-state index contributed by atoms with van der Waals surface area (Å²) in [4.78, 5) is 23.7. The molecule has 0 aromatic carbocycles. The molecular formula is C15H19IN4O2. The Morgan fingerprint density at radius 1 is 1.41 bits per heavy atom. The maximum Gasteiger partial charge on any atom is 0.308 e. The highest BCUT2D eigenvalue weighted by Crippen LogP contribution is 2.39. The van der Waals surface area contributed by atoms with Crippen molar-refractivity contribution in [1.82, 2.24) is 15.0 Å². The quantitative estimate of drug-likeness (QED) is 0.595. The minimum Gasteiger partial charge on any atom is -0.466 e. The Morgan fingerprint density at radius 2 is 2.14 bits per heavy atom. The zero-order chi connectivity index (χ0) is 15.7. The molecule has 22 heavy (non-hydrogen) atoms. The van der Waals surface area contributed by atoms with Crippen LogP contribution in [0.3, 0.4) is 0 Å². The third-order valence-corrected chi connectivity index (χ3v) is 5.16. The Balaban J connectivity index is 1.80. The largest absolute Gasteiger partial charge is 0.466 e. The van der Waals surface area contributed by atoms with Crippen molar-refractivity contribution in [3.05, 3.63) is 15.7 Å². The number of halogens is 1. The van der Waals surface area contributed by atoms with Crippen LogP contribution in [-0.2, 0) is 9.53 Å². The van der Waals surface area contributed by atoms with Crippen LogP contribution in [0.15, 0.2) is 6.33 Å². The smallest absolute Gasteiger partial charge is 0.308 e. The molecule has 118 valence electrons. The number of nitrogen functional groups attached to an aromatic ring is 1. The lowest BCUT2D eigenvalue weighted by Crippen LogP contribution is -2.23. The Morgan fingerprint density at radius 3 is 2.82 bits per heavy atom. The van der Waals surface area contributed by atoms with Crippen molar-refractivity contribution in [2.45, 2.75) is 38.5 Å². The highest BCUT2D eigenvalue weighted by molar-refractivity contribution is 14.1. The first kappa shape index (κ1) is 15.5. The molecule has 1 fully saturated rings. The van der Waals surface area contributed by atoms with Crippen molar-refractivity contribution in [3.63, 3.8) is 0 Å². The van der Waals surface area contributed by atoms with Crippen LogP contribution in [0.1, 0.15) is 44.2 Å². The minimum atomic E-state index is -0.0570. The van der Waals surface area contributed by atoms with Crippen LogP contribution in [0.4, 0.5) is 5.82 Å². The lowest BCUT2D eigenvalue weighted by atomic mass is 9.80. The van der Waals surface area contributed by atoms with Gasteiger partial charge < -0.3 is 15.5 Å². The van der Waals surface area contributed by atoms with Crippen molar-refractivity contribution in [2.24, 2.45) is 5.92 Å². The predicted octanol–water partition coefficient (Wildman–Crippen LogP) is 2.98. The topological polar surface area (TPSA) is 93.9 Å². The summed E-state index contributed by atoms with van der Waals surface area (Å²) in [6.07, 6.45) is 5.15. The number of ether oxygens (including phenoxy) is 1. The molecule has 0 saturated heterocycles. The van der Waals surface area contributed by atoms with Crippen LogP contribution in [-0.4, -0.2) is 27.5 Å². The molecule has 2 aromatic rings. The predicted molar refractivity (Wildman–Crippen MR) is 92.4 cm³/mol. The second-order valence-electron chi connectivity index (χ2n) is 5.64. The Hall–Kier alpha value is -1.38. The average Bonchev–Trinajstić information content (AvgIpc) is 2.86. The van der Waals surface area contributed by atoms with Gasteiger partial charge in [0.1, 0.15) is 12.1 Å². The first-order chi connectivity index (χ1) is 10.6. The van der Waals surface area contributed by atoms with E-state index in [4.69, 9.17) is 10.5 Å². The van der Waals surface area contributed by atoms with Gasteiger partial charge in [-0.2, -0.15) is 0 Å². The number of nitrogens with two attached hydrogens (primary N) is 1. The monoisotopic (exact) mass is 414 g/mol. The van der Waals surface area contributed by atoms with Gasteiger partial charge >= 0.3 is 5.97 Å². The Kier molecular flexibility index (Phi) is 4.51. The summed E-state index contributed by atoms with van der Waals surface area (Å²) < 4.78 is 6.11. The number of esters is 1. The van der Waals surface area contributed by atoms with E-state index in [1.165, 1.54) is 6.33 Å². The molecule has 6 nitrogen and oxygen atoms in total. The number of H-pyrrole nitrogens is 1. The first-order valence-corrected chi connectivity index (χ1v) is 8.63. The number of aromatic nitrogens is 3. The van der Waals surface area contributed by atoms with Crippen LogP contribution >= 0.6 is 22.6 Å². The maximum absolute atomic E-state index is 11.8. The van der Waals surface area contributed by atoms with Gasteiger partial charge in [-0.25, -0.2) is 9.97 Å². The Labute approximate surface area is 142 Å². The standard InChI is InChI=1S/C15H19IN4O2/c1-2-22-15(21)9-5-3-8(4-6-9)11-12-10(13(16)20-11)14(17)19-7-18-12/h7-9,20H,2-6H2,1H3,(H2,17,18,19). The van der Waals surface area contributed by atoms with E-state index in [0.717, 1.165) is 46.0 Å². The van der Waals surface area contributed by atoms with Crippen molar-refractivity contribution in [2.75, 3.05) is 12.3 Å². The molecule has 0 spiro atoms. The number of nitrogens with zero attached hydrogens (tertiary/aromatic N) is 2. The van der Waals surface area contributed by atoms with Gasteiger partial charge in [-0.05, 0) is 55.2 Å². The molecule has 0 atom stereocenters. The molecule has 0 radical (unpaired) electrons. The molecule has 2 aromatic heterocycles. The number of hydrogen-bond donors (Lipinski definition) is 2. The van der Waals surface area contributed by atoms with E-state index >= 15 is 0 Å². The minimum absolute atomic E-state index is 0.0381. The summed E-state index contributed by atoms with van der Waals surface area (Å²) in [5.74, 6) is 0.873. The van der Waals surface area contributed by atoms with Crippen molar-refractivity contribution in [1.29, 1.82) is 0 Å².